The molecule has 118 valence electrons. The molecule has 2 aromatic rings. The van der Waals surface area contributed by atoms with Crippen molar-refractivity contribution in [1.29, 1.82) is 0 Å². The molecular formula is C16H18ClNO3S. The van der Waals surface area contributed by atoms with Crippen LogP contribution in [0.3, 0.4) is 0 Å². The van der Waals surface area contributed by atoms with E-state index >= 15 is 0 Å². The average Bonchev–Trinajstić information content (AvgIpc) is 2.49. The maximum absolute atomic E-state index is 12.2. The first kappa shape index (κ1) is 17.0. The molecule has 0 bridgehead atoms. The topological polar surface area (TPSA) is 66.4 Å². The number of hydrogen-bond acceptors (Lipinski definition) is 3. The predicted molar refractivity (Wildman–Crippen MR) is 88.2 cm³/mol. The van der Waals surface area contributed by atoms with Crippen LogP contribution in [0.15, 0.2) is 54.6 Å². The fourth-order valence-corrected chi connectivity index (χ4v) is 3.64. The fourth-order valence-electron chi connectivity index (χ4n) is 2.14. The Morgan fingerprint density at radius 3 is 2.23 bits per heavy atom. The van der Waals surface area contributed by atoms with Crippen molar-refractivity contribution in [2.24, 2.45) is 0 Å². The van der Waals surface area contributed by atoms with E-state index in [-0.39, 0.29) is 12.4 Å². The molecule has 0 heterocycles. The van der Waals surface area contributed by atoms with Gasteiger partial charge in [-0.15, -0.1) is 0 Å². The first-order chi connectivity index (χ1) is 10.5. The van der Waals surface area contributed by atoms with Crippen LogP contribution >= 0.6 is 11.6 Å². The van der Waals surface area contributed by atoms with Gasteiger partial charge in [-0.1, -0.05) is 54.1 Å². The third-order valence-corrected chi connectivity index (χ3v) is 4.82. The molecule has 2 rings (SSSR count). The SMILES string of the molecule is O=S(=O)(Cc1ccc(Cl)cc1)NC(CO)Cc1ccccc1. The van der Waals surface area contributed by atoms with Crippen LogP contribution in [0, 0.1) is 0 Å². The molecule has 0 aliphatic heterocycles. The zero-order valence-electron chi connectivity index (χ0n) is 11.9. The van der Waals surface area contributed by atoms with Gasteiger partial charge in [0.15, 0.2) is 0 Å². The number of aliphatic hydroxyl groups excluding tert-OH is 1. The minimum absolute atomic E-state index is 0.143. The van der Waals surface area contributed by atoms with Crippen molar-refractivity contribution in [3.05, 3.63) is 70.7 Å². The number of hydrogen-bond donors (Lipinski definition) is 2. The Kier molecular flexibility index (Phi) is 5.97. The van der Waals surface area contributed by atoms with Crippen LogP contribution < -0.4 is 4.72 Å². The molecule has 0 radical (unpaired) electrons. The van der Waals surface area contributed by atoms with Crippen molar-refractivity contribution in [2.45, 2.75) is 18.2 Å². The summed E-state index contributed by atoms with van der Waals surface area (Å²) in [6.45, 7) is -0.255. The highest BCUT2D eigenvalue weighted by molar-refractivity contribution is 7.88. The number of nitrogens with one attached hydrogen (secondary N) is 1. The molecule has 0 saturated heterocycles. The van der Waals surface area contributed by atoms with Crippen LogP contribution in [0.5, 0.6) is 0 Å². The highest BCUT2D eigenvalue weighted by Crippen LogP contribution is 2.12. The van der Waals surface area contributed by atoms with Gasteiger partial charge in [-0.2, -0.15) is 0 Å². The van der Waals surface area contributed by atoms with Gasteiger partial charge in [0.2, 0.25) is 10.0 Å². The lowest BCUT2D eigenvalue weighted by Gasteiger charge is -2.16. The molecule has 0 aliphatic rings. The smallest absolute Gasteiger partial charge is 0.216 e. The fraction of sp³-hybridized carbons (Fsp3) is 0.250. The third kappa shape index (κ3) is 5.42. The first-order valence-electron chi connectivity index (χ1n) is 6.88. The molecule has 0 aromatic heterocycles. The maximum Gasteiger partial charge on any atom is 0.216 e. The molecule has 2 N–H and O–H groups in total. The molecule has 1 unspecified atom stereocenters. The number of halogens is 1. The minimum Gasteiger partial charge on any atom is -0.395 e. The van der Waals surface area contributed by atoms with Crippen molar-refractivity contribution < 1.29 is 13.5 Å². The summed E-state index contributed by atoms with van der Waals surface area (Å²) in [7, 11) is -3.53. The van der Waals surface area contributed by atoms with Gasteiger partial charge in [-0.05, 0) is 29.7 Å². The number of rotatable bonds is 7. The summed E-state index contributed by atoms with van der Waals surface area (Å²) in [6, 6.07) is 15.6. The van der Waals surface area contributed by atoms with E-state index in [9.17, 15) is 13.5 Å². The number of sulfonamides is 1. The first-order valence-corrected chi connectivity index (χ1v) is 8.91. The zero-order chi connectivity index (χ0) is 16.0. The zero-order valence-corrected chi connectivity index (χ0v) is 13.5. The van der Waals surface area contributed by atoms with E-state index in [2.05, 4.69) is 4.72 Å². The van der Waals surface area contributed by atoms with E-state index in [1.807, 2.05) is 30.3 Å². The van der Waals surface area contributed by atoms with Crippen LogP contribution in [0.2, 0.25) is 5.02 Å². The highest BCUT2D eigenvalue weighted by Gasteiger charge is 2.18. The largest absolute Gasteiger partial charge is 0.395 e. The van der Waals surface area contributed by atoms with E-state index in [1.165, 1.54) is 0 Å². The Morgan fingerprint density at radius 1 is 1.00 bits per heavy atom. The van der Waals surface area contributed by atoms with E-state index in [0.717, 1.165) is 5.56 Å². The standard InChI is InChI=1S/C16H18ClNO3S/c17-15-8-6-14(7-9-15)12-22(20,21)18-16(11-19)10-13-4-2-1-3-5-13/h1-9,16,18-19H,10-12H2. The summed E-state index contributed by atoms with van der Waals surface area (Å²) in [5.74, 6) is -0.143. The molecule has 0 fully saturated rings. The van der Waals surface area contributed by atoms with Crippen molar-refractivity contribution in [2.75, 3.05) is 6.61 Å². The van der Waals surface area contributed by atoms with Crippen LogP contribution in [0.1, 0.15) is 11.1 Å². The van der Waals surface area contributed by atoms with Crippen LogP contribution in [0.4, 0.5) is 0 Å². The van der Waals surface area contributed by atoms with Gasteiger partial charge in [-0.25, -0.2) is 13.1 Å². The Bertz CT molecular complexity index is 687. The van der Waals surface area contributed by atoms with Gasteiger partial charge in [0.05, 0.1) is 12.4 Å². The lowest BCUT2D eigenvalue weighted by atomic mass is 10.1. The summed E-state index contributed by atoms with van der Waals surface area (Å²) >= 11 is 5.78. The molecular weight excluding hydrogens is 322 g/mol. The van der Waals surface area contributed by atoms with Gasteiger partial charge in [0.1, 0.15) is 0 Å². The average molecular weight is 340 g/mol. The third-order valence-electron chi connectivity index (χ3n) is 3.16. The summed E-state index contributed by atoms with van der Waals surface area (Å²) in [4.78, 5) is 0. The monoisotopic (exact) mass is 339 g/mol. The van der Waals surface area contributed by atoms with E-state index in [1.54, 1.807) is 24.3 Å². The molecule has 6 heteroatoms. The Balaban J connectivity index is 2.01. The lowest BCUT2D eigenvalue weighted by molar-refractivity contribution is 0.256. The van der Waals surface area contributed by atoms with E-state index in [0.29, 0.717) is 17.0 Å². The van der Waals surface area contributed by atoms with Gasteiger partial charge in [0.25, 0.3) is 0 Å². The molecule has 1 atom stereocenters. The molecule has 0 saturated carbocycles. The van der Waals surface area contributed by atoms with Gasteiger partial charge in [-0.3, -0.25) is 0 Å². The van der Waals surface area contributed by atoms with Crippen LogP contribution in [0.25, 0.3) is 0 Å². The van der Waals surface area contributed by atoms with E-state index < -0.39 is 16.1 Å². The Morgan fingerprint density at radius 2 is 1.64 bits per heavy atom. The van der Waals surface area contributed by atoms with Crippen molar-refractivity contribution in [1.82, 2.24) is 4.72 Å². The summed E-state index contributed by atoms with van der Waals surface area (Å²) < 4.78 is 26.9. The number of aliphatic hydroxyl groups is 1. The molecule has 22 heavy (non-hydrogen) atoms. The van der Waals surface area contributed by atoms with Crippen LogP contribution in [-0.2, 0) is 22.2 Å². The molecule has 2 aromatic carbocycles. The second kappa shape index (κ2) is 7.74. The number of benzene rings is 2. The minimum atomic E-state index is -3.53. The Labute approximate surface area is 135 Å². The van der Waals surface area contributed by atoms with Gasteiger partial charge < -0.3 is 5.11 Å². The quantitative estimate of drug-likeness (QED) is 0.813. The molecule has 0 spiro atoms. The summed E-state index contributed by atoms with van der Waals surface area (Å²) in [5.41, 5.74) is 1.61. The van der Waals surface area contributed by atoms with Gasteiger partial charge >= 0.3 is 0 Å². The molecule has 4 nitrogen and oxygen atoms in total. The lowest BCUT2D eigenvalue weighted by Crippen LogP contribution is -2.39. The van der Waals surface area contributed by atoms with E-state index in [4.69, 9.17) is 11.6 Å². The summed E-state index contributed by atoms with van der Waals surface area (Å²) in [6.07, 6.45) is 0.442. The molecule has 0 aliphatic carbocycles. The van der Waals surface area contributed by atoms with Crippen molar-refractivity contribution in [3.63, 3.8) is 0 Å². The summed E-state index contributed by atoms with van der Waals surface area (Å²) in [5, 5.41) is 9.97. The second-order valence-corrected chi connectivity index (χ2v) is 7.26. The van der Waals surface area contributed by atoms with Gasteiger partial charge in [0, 0.05) is 11.1 Å². The predicted octanol–water partition coefficient (Wildman–Crippen LogP) is 2.36. The molecule has 0 amide bonds. The highest BCUT2D eigenvalue weighted by atomic mass is 35.5. The second-order valence-electron chi connectivity index (χ2n) is 5.07. The maximum atomic E-state index is 12.2. The van der Waals surface area contributed by atoms with Crippen LogP contribution in [-0.4, -0.2) is 26.2 Å². The van der Waals surface area contributed by atoms with Crippen molar-refractivity contribution >= 4 is 21.6 Å². The normalized spacial score (nSPS) is 13.0. The Hall–Kier alpha value is -1.40. The van der Waals surface area contributed by atoms with Crippen molar-refractivity contribution in [3.8, 4) is 0 Å².